The first-order chi connectivity index (χ1) is 14.5. The second-order valence-corrected chi connectivity index (χ2v) is 9.04. The van der Waals surface area contributed by atoms with Crippen molar-refractivity contribution in [1.29, 1.82) is 0 Å². The number of hydrogen-bond donors (Lipinski definition) is 0. The molecule has 0 aliphatic carbocycles. The van der Waals surface area contributed by atoms with Crippen molar-refractivity contribution in [3.63, 3.8) is 0 Å². The summed E-state index contributed by atoms with van der Waals surface area (Å²) in [5, 5.41) is 12.7. The zero-order valence-electron chi connectivity index (χ0n) is 17.5. The Morgan fingerprint density at radius 2 is 1.03 bits per heavy atom. The molecule has 30 heavy (non-hydrogen) atoms. The Morgan fingerprint density at radius 3 is 1.47 bits per heavy atom. The van der Waals surface area contributed by atoms with E-state index in [4.69, 9.17) is 0 Å². The van der Waals surface area contributed by atoms with Crippen LogP contribution in [0, 0.1) is 23.3 Å². The maximum Gasteiger partial charge on any atom is 0.179 e. The minimum atomic E-state index is -1.61. The number of rotatable bonds is 18. The molecule has 0 unspecified atom stereocenters. The number of hydrogen-bond acceptors (Lipinski definition) is 5. The molecular formula is C21H31F4O3S2-. The van der Waals surface area contributed by atoms with Crippen LogP contribution < -0.4 is 5.26 Å². The van der Waals surface area contributed by atoms with E-state index in [2.05, 4.69) is 16.3 Å². The molecule has 1 rings (SSSR count). The predicted octanol–water partition coefficient (Wildman–Crippen LogP) is 7.66. The fourth-order valence-corrected chi connectivity index (χ4v) is 4.54. The number of halogens is 4. The van der Waals surface area contributed by atoms with Gasteiger partial charge >= 0.3 is 0 Å². The maximum atomic E-state index is 14.0. The van der Waals surface area contributed by atoms with Gasteiger partial charge in [0, 0.05) is 0 Å². The van der Waals surface area contributed by atoms with Gasteiger partial charge in [0.1, 0.15) is 4.90 Å². The molecule has 0 heterocycles. The second-order valence-electron chi connectivity index (χ2n) is 7.22. The smallest absolute Gasteiger partial charge is 0.179 e. The fourth-order valence-electron chi connectivity index (χ4n) is 3.13. The Hall–Kier alpha value is -0.480. The minimum Gasteiger partial charge on any atom is -0.691 e. The lowest BCUT2D eigenvalue weighted by atomic mass is 10.1. The zero-order chi connectivity index (χ0) is 22.2. The molecule has 9 heteroatoms. The van der Waals surface area contributed by atoms with E-state index in [0.717, 1.165) is 31.0 Å². The predicted molar refractivity (Wildman–Crippen MR) is 111 cm³/mol. The van der Waals surface area contributed by atoms with Crippen molar-refractivity contribution in [2.45, 2.75) is 100 Å². The van der Waals surface area contributed by atoms with E-state index in [0.29, 0.717) is 12.2 Å². The van der Waals surface area contributed by atoms with Crippen molar-refractivity contribution in [3.8, 4) is 0 Å². The third kappa shape index (κ3) is 10.2. The van der Waals surface area contributed by atoms with Crippen LogP contribution in [0.4, 0.5) is 17.6 Å². The average molecular weight is 472 g/mol. The monoisotopic (exact) mass is 471 g/mol. The molecule has 0 amide bonds. The molecule has 0 bridgehead atoms. The van der Waals surface area contributed by atoms with E-state index in [1.807, 2.05) is 0 Å². The molecule has 3 nitrogen and oxygen atoms in total. The first-order valence-electron chi connectivity index (χ1n) is 10.7. The molecule has 0 radical (unpaired) electrons. The Morgan fingerprint density at radius 1 is 0.633 bits per heavy atom. The molecule has 0 aromatic heterocycles. The van der Waals surface area contributed by atoms with Gasteiger partial charge in [-0.2, -0.15) is 4.33 Å². The molecule has 0 fully saturated rings. The topological polar surface area (TPSA) is 41.5 Å². The first-order valence-corrected chi connectivity index (χ1v) is 12.4. The summed E-state index contributed by atoms with van der Waals surface area (Å²) in [6.07, 6.45) is 15.4. The summed E-state index contributed by atoms with van der Waals surface area (Å²) in [6.45, 7) is 2.22. The van der Waals surface area contributed by atoms with E-state index in [1.165, 1.54) is 57.8 Å². The van der Waals surface area contributed by atoms with E-state index < -0.39 is 33.1 Å². The lowest BCUT2D eigenvalue weighted by molar-refractivity contribution is -0.777. The van der Waals surface area contributed by atoms with Gasteiger partial charge in [-0.3, -0.25) is 5.04 Å². The van der Waals surface area contributed by atoms with Gasteiger partial charge in [0.15, 0.2) is 23.3 Å². The van der Waals surface area contributed by atoms with Crippen molar-refractivity contribution in [2.24, 2.45) is 0 Å². The van der Waals surface area contributed by atoms with Crippen LogP contribution in [0.5, 0.6) is 0 Å². The Kier molecular flexibility index (Phi) is 15.7. The summed E-state index contributed by atoms with van der Waals surface area (Å²) in [4.78, 5) is -1.79. The average Bonchev–Trinajstić information content (AvgIpc) is 2.74. The Bertz CT molecular complexity index is 577. The highest BCUT2D eigenvalue weighted by Crippen LogP contribution is 2.36. The largest absolute Gasteiger partial charge is 0.691 e. The quantitative estimate of drug-likeness (QED) is 0.0418. The van der Waals surface area contributed by atoms with Gasteiger partial charge in [0.05, 0.1) is 16.9 Å². The van der Waals surface area contributed by atoms with Crippen LogP contribution in [0.1, 0.15) is 90.4 Å². The summed E-state index contributed by atoms with van der Waals surface area (Å²) < 4.78 is 59.5. The van der Waals surface area contributed by atoms with Gasteiger partial charge in [-0.05, 0) is 12.2 Å². The fraction of sp³-hybridized carbons (Fsp3) is 0.714. The molecular weight excluding hydrogens is 440 g/mol. The Labute approximate surface area is 185 Å². The van der Waals surface area contributed by atoms with Crippen molar-refractivity contribution in [3.05, 3.63) is 23.3 Å². The van der Waals surface area contributed by atoms with Crippen LogP contribution in [0.25, 0.3) is 0 Å². The van der Waals surface area contributed by atoms with Crippen molar-refractivity contribution >= 4 is 23.8 Å². The van der Waals surface area contributed by atoms with Crippen LogP contribution >= 0.6 is 23.8 Å². The SMILES string of the molecule is CCCCCCCCCCCCCCCSc1c(F)c(F)c(SOO[O-])c(F)c1F. The van der Waals surface area contributed by atoms with Crippen LogP contribution in [-0.2, 0) is 9.37 Å². The number of benzene rings is 1. The van der Waals surface area contributed by atoms with Gasteiger partial charge in [-0.15, -0.1) is 11.8 Å². The van der Waals surface area contributed by atoms with Gasteiger partial charge < -0.3 is 5.26 Å². The summed E-state index contributed by atoms with van der Waals surface area (Å²) in [7, 11) is 0. The van der Waals surface area contributed by atoms with Crippen molar-refractivity contribution in [1.82, 2.24) is 0 Å². The normalized spacial score (nSPS) is 11.4. The summed E-state index contributed by atoms with van der Waals surface area (Å²) in [5.41, 5.74) is 0. The number of unbranched alkanes of at least 4 members (excludes halogenated alkanes) is 12. The molecule has 0 aliphatic heterocycles. The molecule has 0 N–H and O–H groups in total. The third-order valence-electron chi connectivity index (χ3n) is 4.82. The van der Waals surface area contributed by atoms with E-state index in [1.54, 1.807) is 0 Å². The van der Waals surface area contributed by atoms with Crippen molar-refractivity contribution < 1.29 is 32.2 Å². The van der Waals surface area contributed by atoms with Crippen LogP contribution in [-0.4, -0.2) is 5.75 Å². The Balaban J connectivity index is 2.18. The second kappa shape index (κ2) is 17.1. The highest BCUT2D eigenvalue weighted by molar-refractivity contribution is 7.99. The van der Waals surface area contributed by atoms with Gasteiger partial charge in [-0.1, -0.05) is 84.0 Å². The minimum absolute atomic E-state index is 0.215. The van der Waals surface area contributed by atoms with Crippen LogP contribution in [0.3, 0.4) is 0 Å². The molecule has 0 saturated heterocycles. The lowest BCUT2D eigenvalue weighted by Gasteiger charge is -2.11. The van der Waals surface area contributed by atoms with Gasteiger partial charge in [-0.25, -0.2) is 17.6 Å². The van der Waals surface area contributed by atoms with Crippen LogP contribution in [0.2, 0.25) is 0 Å². The molecule has 0 aliphatic rings. The molecule has 1 aromatic carbocycles. The zero-order valence-corrected chi connectivity index (χ0v) is 19.1. The number of thioether (sulfide) groups is 1. The molecule has 1 aromatic rings. The summed E-state index contributed by atoms with van der Waals surface area (Å²) in [6, 6.07) is 0. The first kappa shape index (κ1) is 27.6. The third-order valence-corrected chi connectivity index (χ3v) is 6.61. The summed E-state index contributed by atoms with van der Waals surface area (Å²) in [5.74, 6) is -5.85. The van der Waals surface area contributed by atoms with Gasteiger partial charge in [0.2, 0.25) is 0 Å². The molecule has 0 atom stereocenters. The van der Waals surface area contributed by atoms with E-state index >= 15 is 0 Å². The highest BCUT2D eigenvalue weighted by atomic mass is 32.2. The lowest BCUT2D eigenvalue weighted by Crippen LogP contribution is -2.05. The van der Waals surface area contributed by atoms with E-state index in [9.17, 15) is 22.8 Å². The van der Waals surface area contributed by atoms with E-state index in [-0.39, 0.29) is 12.0 Å². The molecule has 0 spiro atoms. The van der Waals surface area contributed by atoms with Crippen molar-refractivity contribution in [2.75, 3.05) is 5.75 Å². The molecule has 0 saturated carbocycles. The molecule has 174 valence electrons. The maximum absolute atomic E-state index is 14.0. The highest BCUT2D eigenvalue weighted by Gasteiger charge is 2.26. The van der Waals surface area contributed by atoms with Gasteiger partial charge in [0.25, 0.3) is 0 Å². The summed E-state index contributed by atoms with van der Waals surface area (Å²) >= 11 is 0.530. The standard InChI is InChI=1S/C21H32F4O3S2/c1-2-3-4-5-6-7-8-9-10-11-12-13-14-15-29-20-16(22)18(24)21(30-28-27-26)19(25)17(20)23/h26H,2-15H2,1H3/p-1. The van der Waals surface area contributed by atoms with Crippen LogP contribution in [0.15, 0.2) is 9.79 Å².